The SMILES string of the molecule is CN=C(NCc1ccc(S(=O)(=O)N(C)C)s1)NC(C)(C)C. The third-order valence-electron chi connectivity index (χ3n) is 2.52. The van der Waals surface area contributed by atoms with Gasteiger partial charge in [-0.05, 0) is 32.9 Å². The minimum absolute atomic E-state index is 0.0866. The Hall–Kier alpha value is -1.12. The number of hydrogen-bond donors (Lipinski definition) is 2. The van der Waals surface area contributed by atoms with Crippen LogP contribution in [0.3, 0.4) is 0 Å². The molecule has 0 saturated heterocycles. The van der Waals surface area contributed by atoms with E-state index in [0.717, 1.165) is 4.88 Å². The van der Waals surface area contributed by atoms with E-state index >= 15 is 0 Å². The maximum Gasteiger partial charge on any atom is 0.252 e. The lowest BCUT2D eigenvalue weighted by atomic mass is 10.1. The fourth-order valence-corrected chi connectivity index (χ4v) is 3.94. The largest absolute Gasteiger partial charge is 0.352 e. The van der Waals surface area contributed by atoms with Crippen molar-refractivity contribution in [2.24, 2.45) is 4.99 Å². The second-order valence-electron chi connectivity index (χ2n) is 5.81. The molecule has 0 aliphatic rings. The molecule has 0 unspecified atom stereocenters. The zero-order valence-electron chi connectivity index (χ0n) is 13.4. The van der Waals surface area contributed by atoms with Crippen molar-refractivity contribution in [2.45, 2.75) is 37.1 Å². The van der Waals surface area contributed by atoms with Crippen molar-refractivity contribution in [1.82, 2.24) is 14.9 Å². The van der Waals surface area contributed by atoms with Gasteiger partial charge in [-0.15, -0.1) is 11.3 Å². The van der Waals surface area contributed by atoms with Gasteiger partial charge in [-0.25, -0.2) is 12.7 Å². The van der Waals surface area contributed by atoms with E-state index in [-0.39, 0.29) is 5.54 Å². The van der Waals surface area contributed by atoms with Gasteiger partial charge in [0.2, 0.25) is 0 Å². The lowest BCUT2D eigenvalue weighted by Gasteiger charge is -2.23. The number of thiophene rings is 1. The Balaban J connectivity index is 2.72. The first kappa shape index (κ1) is 17.9. The van der Waals surface area contributed by atoms with Crippen LogP contribution < -0.4 is 10.6 Å². The molecule has 6 nitrogen and oxygen atoms in total. The molecule has 1 heterocycles. The summed E-state index contributed by atoms with van der Waals surface area (Å²) in [4.78, 5) is 5.08. The van der Waals surface area contributed by atoms with Gasteiger partial charge in [0.25, 0.3) is 10.0 Å². The number of guanidine groups is 1. The predicted octanol–water partition coefficient (Wildman–Crippen LogP) is 1.46. The maximum absolute atomic E-state index is 12.0. The average Bonchev–Trinajstić information content (AvgIpc) is 2.82. The van der Waals surface area contributed by atoms with Crippen LogP contribution in [0.4, 0.5) is 0 Å². The van der Waals surface area contributed by atoms with Gasteiger partial charge in [0, 0.05) is 31.6 Å². The highest BCUT2D eigenvalue weighted by molar-refractivity contribution is 7.91. The Morgan fingerprint density at radius 3 is 2.43 bits per heavy atom. The zero-order chi connectivity index (χ0) is 16.3. The van der Waals surface area contributed by atoms with Crippen molar-refractivity contribution in [2.75, 3.05) is 21.1 Å². The smallest absolute Gasteiger partial charge is 0.252 e. The summed E-state index contributed by atoms with van der Waals surface area (Å²) in [7, 11) is 1.41. The molecule has 0 saturated carbocycles. The van der Waals surface area contributed by atoms with Crippen LogP contribution in [0.2, 0.25) is 0 Å². The van der Waals surface area contributed by atoms with Crippen LogP contribution in [0.25, 0.3) is 0 Å². The summed E-state index contributed by atoms with van der Waals surface area (Å²) in [5, 5.41) is 6.43. The average molecular weight is 332 g/mol. The highest BCUT2D eigenvalue weighted by Gasteiger charge is 2.19. The van der Waals surface area contributed by atoms with Crippen LogP contribution in [0, 0.1) is 0 Å². The number of aliphatic imine (C=N–C) groups is 1. The normalized spacial score (nSPS) is 13.6. The fourth-order valence-electron chi connectivity index (χ4n) is 1.48. The van der Waals surface area contributed by atoms with Gasteiger partial charge < -0.3 is 10.6 Å². The van der Waals surface area contributed by atoms with Crippen LogP contribution in [0.15, 0.2) is 21.3 Å². The molecule has 8 heteroatoms. The van der Waals surface area contributed by atoms with E-state index in [2.05, 4.69) is 15.6 Å². The summed E-state index contributed by atoms with van der Waals surface area (Å²) >= 11 is 1.26. The zero-order valence-corrected chi connectivity index (χ0v) is 15.0. The van der Waals surface area contributed by atoms with Crippen LogP contribution in [-0.4, -0.2) is 45.4 Å². The van der Waals surface area contributed by atoms with Crippen molar-refractivity contribution in [3.8, 4) is 0 Å². The molecule has 21 heavy (non-hydrogen) atoms. The first-order valence-electron chi connectivity index (χ1n) is 6.56. The van der Waals surface area contributed by atoms with E-state index in [0.29, 0.717) is 16.7 Å². The standard InChI is InChI=1S/C13H24N4O2S2/c1-13(2,3)16-12(14-4)15-9-10-7-8-11(20-10)21(18,19)17(5)6/h7-8H,9H2,1-6H3,(H2,14,15,16). The van der Waals surface area contributed by atoms with Gasteiger partial charge in [-0.2, -0.15) is 0 Å². The van der Waals surface area contributed by atoms with E-state index in [1.807, 2.05) is 26.8 Å². The maximum atomic E-state index is 12.0. The number of nitrogens with one attached hydrogen (secondary N) is 2. The fraction of sp³-hybridized carbons (Fsp3) is 0.615. The van der Waals surface area contributed by atoms with E-state index in [9.17, 15) is 8.42 Å². The quantitative estimate of drug-likeness (QED) is 0.647. The summed E-state index contributed by atoms with van der Waals surface area (Å²) in [5.74, 6) is 0.688. The molecule has 0 aromatic carbocycles. The first-order chi connectivity index (χ1) is 9.56. The lowest BCUT2D eigenvalue weighted by molar-refractivity contribution is 0.501. The minimum Gasteiger partial charge on any atom is -0.352 e. The lowest BCUT2D eigenvalue weighted by Crippen LogP contribution is -2.47. The molecule has 0 aliphatic carbocycles. The Morgan fingerprint density at radius 2 is 1.95 bits per heavy atom. The Bertz CT molecular complexity index is 598. The predicted molar refractivity (Wildman–Crippen MR) is 88.3 cm³/mol. The van der Waals surface area contributed by atoms with Crippen molar-refractivity contribution in [3.63, 3.8) is 0 Å². The summed E-state index contributed by atoms with van der Waals surface area (Å²) in [6.07, 6.45) is 0. The molecule has 1 aromatic rings. The molecule has 1 aromatic heterocycles. The van der Waals surface area contributed by atoms with Gasteiger partial charge in [0.1, 0.15) is 4.21 Å². The van der Waals surface area contributed by atoms with Crippen LogP contribution in [0.1, 0.15) is 25.6 Å². The molecule has 0 aliphatic heterocycles. The van der Waals surface area contributed by atoms with Crippen LogP contribution in [-0.2, 0) is 16.6 Å². The topological polar surface area (TPSA) is 73.8 Å². The molecule has 0 bridgehead atoms. The number of nitrogens with zero attached hydrogens (tertiary/aromatic N) is 2. The minimum atomic E-state index is -3.35. The van der Waals surface area contributed by atoms with E-state index in [1.54, 1.807) is 13.1 Å². The monoisotopic (exact) mass is 332 g/mol. The molecule has 0 atom stereocenters. The molecule has 0 amide bonds. The molecule has 120 valence electrons. The third-order valence-corrected chi connectivity index (χ3v) is 5.89. The summed E-state index contributed by atoms with van der Waals surface area (Å²) in [6.45, 7) is 6.68. The molecular formula is C13H24N4O2S2. The summed E-state index contributed by atoms with van der Waals surface area (Å²) < 4.78 is 25.6. The molecular weight excluding hydrogens is 308 g/mol. The van der Waals surface area contributed by atoms with E-state index in [1.165, 1.54) is 29.7 Å². The molecule has 0 fully saturated rings. The second-order valence-corrected chi connectivity index (χ2v) is 9.36. The number of hydrogen-bond acceptors (Lipinski definition) is 4. The van der Waals surface area contributed by atoms with Crippen LogP contribution >= 0.6 is 11.3 Å². The number of rotatable bonds is 4. The van der Waals surface area contributed by atoms with Crippen LogP contribution in [0.5, 0.6) is 0 Å². The third kappa shape index (κ3) is 5.29. The van der Waals surface area contributed by atoms with E-state index < -0.39 is 10.0 Å². The Kier molecular flexibility index (Phi) is 5.77. The van der Waals surface area contributed by atoms with Gasteiger partial charge in [0.15, 0.2) is 5.96 Å². The van der Waals surface area contributed by atoms with Crippen molar-refractivity contribution in [1.29, 1.82) is 0 Å². The van der Waals surface area contributed by atoms with Crippen molar-refractivity contribution < 1.29 is 8.42 Å². The van der Waals surface area contributed by atoms with Crippen molar-refractivity contribution >= 4 is 27.3 Å². The van der Waals surface area contributed by atoms with Gasteiger partial charge >= 0.3 is 0 Å². The first-order valence-corrected chi connectivity index (χ1v) is 8.82. The van der Waals surface area contributed by atoms with Gasteiger partial charge in [0.05, 0.1) is 6.54 Å². The molecule has 0 spiro atoms. The Labute approximate surface area is 131 Å². The molecule has 2 N–H and O–H groups in total. The Morgan fingerprint density at radius 1 is 1.33 bits per heavy atom. The van der Waals surface area contributed by atoms with E-state index in [4.69, 9.17) is 0 Å². The molecule has 0 radical (unpaired) electrons. The highest BCUT2D eigenvalue weighted by atomic mass is 32.2. The molecule has 1 rings (SSSR count). The van der Waals surface area contributed by atoms with Gasteiger partial charge in [-0.1, -0.05) is 0 Å². The summed E-state index contributed by atoms with van der Waals surface area (Å²) in [6, 6.07) is 3.45. The highest BCUT2D eigenvalue weighted by Crippen LogP contribution is 2.23. The summed E-state index contributed by atoms with van der Waals surface area (Å²) in [5.41, 5.74) is -0.0866. The second kappa shape index (κ2) is 6.76. The van der Waals surface area contributed by atoms with Crippen molar-refractivity contribution in [3.05, 3.63) is 17.0 Å². The number of sulfonamides is 1. The van der Waals surface area contributed by atoms with Gasteiger partial charge in [-0.3, -0.25) is 4.99 Å².